The van der Waals surface area contributed by atoms with Crippen LogP contribution in [0.5, 0.6) is 0 Å². The molecule has 0 saturated carbocycles. The lowest BCUT2D eigenvalue weighted by atomic mass is 9.94. The van der Waals surface area contributed by atoms with Crippen molar-refractivity contribution in [1.29, 1.82) is 0 Å². The van der Waals surface area contributed by atoms with Crippen molar-refractivity contribution < 1.29 is 0 Å². The highest BCUT2D eigenvalue weighted by atomic mass is 15.2. The van der Waals surface area contributed by atoms with Gasteiger partial charge in [0.25, 0.3) is 0 Å². The molecule has 450 valence electrons. The van der Waals surface area contributed by atoms with Crippen molar-refractivity contribution in [3.05, 3.63) is 168 Å². The van der Waals surface area contributed by atoms with Crippen LogP contribution in [0.15, 0.2) is 140 Å². The summed E-state index contributed by atoms with van der Waals surface area (Å²) in [6.45, 7) is 34.5. The summed E-state index contributed by atoms with van der Waals surface area (Å²) in [7, 11) is 12.6. The van der Waals surface area contributed by atoms with Gasteiger partial charge in [-0.15, -0.1) is 0 Å². The first-order valence-electron chi connectivity index (χ1n) is 31.7. The lowest BCUT2D eigenvalue weighted by molar-refractivity contribution is 0.181. The smallest absolute Gasteiger partial charge is 0.0991 e. The zero-order valence-corrected chi connectivity index (χ0v) is 54.4. The Kier molecular flexibility index (Phi) is 29.1. The quantitative estimate of drug-likeness (QED) is 0.0970. The number of imidazole rings is 1. The molecule has 5 aromatic carbocycles. The molecule has 6 aromatic rings. The number of rotatable bonds is 17. The van der Waals surface area contributed by atoms with Gasteiger partial charge in [-0.3, -0.25) is 0 Å². The van der Waals surface area contributed by atoms with Crippen LogP contribution in [-0.2, 0) is 0 Å². The minimum atomic E-state index is 0.590. The predicted octanol–water partition coefficient (Wildman–Crippen LogP) is 16.8. The normalized spacial score (nSPS) is 15.2. The Morgan fingerprint density at radius 2 is 0.841 bits per heavy atom. The fourth-order valence-electron chi connectivity index (χ4n) is 10.9. The highest BCUT2D eigenvalue weighted by Gasteiger charge is 2.23. The molecule has 0 atom stereocenters. The van der Waals surface area contributed by atoms with E-state index in [0.717, 1.165) is 30.6 Å². The lowest BCUT2D eigenvalue weighted by Crippen LogP contribution is -2.40. The molecule has 3 saturated heterocycles. The number of likely N-dealkylation sites (N-methyl/N-ethyl adjacent to an activating group) is 1. The second-order valence-corrected chi connectivity index (χ2v) is 25.8. The summed E-state index contributed by atoms with van der Waals surface area (Å²) in [5.41, 5.74) is 13.5. The topological polar surface area (TPSA) is 49.3 Å². The number of anilines is 4. The Morgan fingerprint density at radius 1 is 0.451 bits per heavy atom. The van der Waals surface area contributed by atoms with Crippen LogP contribution in [0.3, 0.4) is 0 Å². The first-order chi connectivity index (χ1) is 39.3. The standard InChI is InChI=1S/C20H32N2.C17H28N2.C13H22N2.C12H14N2.C11H17N/c1-17(2)19-6-8-20(9-7-19)22-14-10-18(11-15-22)16-21-12-4-3-5-13-21;1-14(2)16-5-7-17(8-6-16)19-11-9-15(10-12-19)13-18(3)4;1-11(2)12-5-7-13(8-6-12)14-9-10-15(3)4;1-10(2)11-3-5-12(6-4-11)14-8-7-13-9-14;1-9(2)10-5-7-11(8-6-10)12(3)4/h6-9,17-18H,3-5,10-16H2,1-2H3;5-8,14-15H,9-13H2,1-4H3;5-8,11,14H,9-10H2,1-4H3;3-10H,1-2H3;5-9H,1-4H3. The second-order valence-electron chi connectivity index (χ2n) is 25.8. The molecule has 1 N–H and O–H groups in total. The maximum absolute atomic E-state index is 4.02. The van der Waals surface area contributed by atoms with Crippen LogP contribution in [-0.4, -0.2) is 132 Å². The molecule has 1 aromatic heterocycles. The van der Waals surface area contributed by atoms with Crippen molar-refractivity contribution in [2.75, 3.05) is 128 Å². The van der Waals surface area contributed by atoms with Crippen molar-refractivity contribution >= 4 is 22.7 Å². The molecule has 0 spiro atoms. The Hall–Kier alpha value is -5.61. The molecule has 0 radical (unpaired) electrons. The van der Waals surface area contributed by atoms with E-state index in [-0.39, 0.29) is 0 Å². The highest BCUT2D eigenvalue weighted by molar-refractivity contribution is 5.50. The van der Waals surface area contributed by atoms with Crippen LogP contribution in [0.1, 0.15) is 172 Å². The van der Waals surface area contributed by atoms with Gasteiger partial charge in [0.15, 0.2) is 0 Å². The van der Waals surface area contributed by atoms with Crippen LogP contribution in [0, 0.1) is 11.8 Å². The molecular formula is C73H113N9. The van der Waals surface area contributed by atoms with Gasteiger partial charge in [-0.25, -0.2) is 4.98 Å². The number of hydrogen-bond acceptors (Lipinski definition) is 8. The Labute approximate surface area is 501 Å². The first kappa shape index (κ1) is 67.2. The van der Waals surface area contributed by atoms with Gasteiger partial charge in [0.2, 0.25) is 0 Å². The fourth-order valence-corrected chi connectivity index (χ4v) is 10.9. The van der Waals surface area contributed by atoms with E-state index in [1.54, 1.807) is 6.20 Å². The summed E-state index contributed by atoms with van der Waals surface area (Å²) in [5.74, 6) is 4.88. The van der Waals surface area contributed by atoms with Crippen LogP contribution in [0.2, 0.25) is 0 Å². The number of likely N-dealkylation sites (tertiary alicyclic amines) is 1. The number of nitrogens with one attached hydrogen (secondary N) is 1. The molecule has 0 aliphatic carbocycles. The van der Waals surface area contributed by atoms with Crippen LogP contribution < -0.4 is 20.0 Å². The molecule has 3 aliphatic rings. The number of hydrogen-bond donors (Lipinski definition) is 1. The summed E-state index contributed by atoms with van der Waals surface area (Å²) >= 11 is 0. The van der Waals surface area contributed by atoms with E-state index in [9.17, 15) is 0 Å². The summed E-state index contributed by atoms with van der Waals surface area (Å²) in [4.78, 5) is 18.5. The average Bonchev–Trinajstić information content (AvgIpc) is 4.04. The molecule has 82 heavy (non-hydrogen) atoms. The minimum Gasteiger partial charge on any atom is -0.384 e. The van der Waals surface area contributed by atoms with Crippen molar-refractivity contribution in [2.45, 2.75) is 144 Å². The molecule has 0 unspecified atom stereocenters. The maximum atomic E-state index is 4.02. The van der Waals surface area contributed by atoms with E-state index < -0.39 is 0 Å². The first-order valence-corrected chi connectivity index (χ1v) is 31.7. The average molecular weight is 1120 g/mol. The molecule has 4 heterocycles. The number of aromatic nitrogens is 2. The molecule has 3 fully saturated rings. The highest BCUT2D eigenvalue weighted by Crippen LogP contribution is 2.28. The van der Waals surface area contributed by atoms with Gasteiger partial charge in [-0.2, -0.15) is 0 Å². The van der Waals surface area contributed by atoms with Gasteiger partial charge in [-0.1, -0.05) is 136 Å². The maximum Gasteiger partial charge on any atom is 0.0991 e. The summed E-state index contributed by atoms with van der Waals surface area (Å²) in [6, 6.07) is 44.4. The molecule has 3 aliphatic heterocycles. The molecule has 9 nitrogen and oxygen atoms in total. The molecule has 0 amide bonds. The molecule has 9 rings (SSSR count). The van der Waals surface area contributed by atoms with Gasteiger partial charge in [0.05, 0.1) is 6.33 Å². The predicted molar refractivity (Wildman–Crippen MR) is 360 cm³/mol. The monoisotopic (exact) mass is 1120 g/mol. The minimum absolute atomic E-state index is 0.590. The van der Waals surface area contributed by atoms with Crippen molar-refractivity contribution in [3.8, 4) is 5.69 Å². The summed E-state index contributed by atoms with van der Waals surface area (Å²) < 4.78 is 2.00. The van der Waals surface area contributed by atoms with Gasteiger partial charge in [0, 0.05) is 107 Å². The van der Waals surface area contributed by atoms with E-state index in [0.29, 0.717) is 29.6 Å². The van der Waals surface area contributed by atoms with Crippen molar-refractivity contribution in [3.63, 3.8) is 0 Å². The Bertz CT molecular complexity index is 2510. The number of piperidine rings is 3. The Balaban J connectivity index is 0.000000191. The zero-order chi connectivity index (χ0) is 59.6. The van der Waals surface area contributed by atoms with Crippen LogP contribution >= 0.6 is 0 Å². The molecular weight excluding hydrogens is 1000 g/mol. The molecule has 0 bridgehead atoms. The second kappa shape index (κ2) is 35.5. The van der Waals surface area contributed by atoms with E-state index in [4.69, 9.17) is 0 Å². The van der Waals surface area contributed by atoms with Gasteiger partial charge in [0.1, 0.15) is 0 Å². The number of nitrogens with zero attached hydrogens (tertiary/aromatic N) is 8. The van der Waals surface area contributed by atoms with E-state index in [1.165, 1.54) is 148 Å². The SMILES string of the molecule is CC(C)c1ccc(-n2ccnc2)cc1.CC(C)c1ccc(N(C)C)cc1.CC(C)c1ccc(N2CCC(CN(C)C)CC2)cc1.CC(C)c1ccc(N2CCC(CN3CCCCC3)CC2)cc1.CC(C)c1ccc(NCCN(C)C)cc1. The van der Waals surface area contributed by atoms with Gasteiger partial charge in [-0.05, 0) is 210 Å². The zero-order valence-electron chi connectivity index (χ0n) is 54.4. The van der Waals surface area contributed by atoms with Gasteiger partial charge < -0.3 is 39.3 Å². The number of benzene rings is 5. The van der Waals surface area contributed by atoms with Gasteiger partial charge >= 0.3 is 0 Å². The van der Waals surface area contributed by atoms with Crippen LogP contribution in [0.25, 0.3) is 5.69 Å². The Morgan fingerprint density at radius 3 is 1.21 bits per heavy atom. The third-order valence-corrected chi connectivity index (χ3v) is 16.6. The summed E-state index contributed by atoms with van der Waals surface area (Å²) in [6.07, 6.45) is 15.2. The summed E-state index contributed by atoms with van der Waals surface area (Å²) in [5, 5.41) is 3.40. The third kappa shape index (κ3) is 23.9. The fraction of sp³-hybridized carbons (Fsp3) is 0.548. The lowest BCUT2D eigenvalue weighted by Gasteiger charge is -2.37. The third-order valence-electron chi connectivity index (χ3n) is 16.6. The van der Waals surface area contributed by atoms with Crippen LogP contribution in [0.4, 0.5) is 22.7 Å². The molecule has 9 heteroatoms. The van der Waals surface area contributed by atoms with E-state index >= 15 is 0 Å². The van der Waals surface area contributed by atoms with E-state index in [1.807, 2.05) is 17.1 Å². The van der Waals surface area contributed by atoms with E-state index in [2.05, 4.69) is 273 Å². The van der Waals surface area contributed by atoms with Crippen molar-refractivity contribution in [2.24, 2.45) is 11.8 Å². The largest absolute Gasteiger partial charge is 0.384 e. The van der Waals surface area contributed by atoms with Crippen molar-refractivity contribution in [1.82, 2.24) is 24.3 Å².